The van der Waals surface area contributed by atoms with Gasteiger partial charge in [0, 0.05) is 24.3 Å². The summed E-state index contributed by atoms with van der Waals surface area (Å²) >= 11 is 0. The number of aromatic amines is 2. The number of H-pyrrole nitrogens is 2. The lowest BCUT2D eigenvalue weighted by molar-refractivity contribution is 0.240. The van der Waals surface area contributed by atoms with Crippen LogP contribution in [0.25, 0.3) is 0 Å². The molecule has 2 heterocycles. The lowest BCUT2D eigenvalue weighted by atomic mass is 10.0. The molecule has 1 aliphatic heterocycles. The lowest BCUT2D eigenvalue weighted by Gasteiger charge is -2.24. The summed E-state index contributed by atoms with van der Waals surface area (Å²) in [6.45, 7) is 1.63. The summed E-state index contributed by atoms with van der Waals surface area (Å²) in [5, 5.41) is 0. The van der Waals surface area contributed by atoms with E-state index in [9.17, 15) is 9.59 Å². The molecule has 1 aromatic carbocycles. The van der Waals surface area contributed by atoms with Crippen molar-refractivity contribution in [3.8, 4) is 0 Å². The number of nitrogens with zero attached hydrogens (tertiary/aromatic N) is 1. The fourth-order valence-corrected chi connectivity index (χ4v) is 3.04. The highest BCUT2D eigenvalue weighted by molar-refractivity contribution is 5.16. The maximum absolute atomic E-state index is 11.4. The van der Waals surface area contributed by atoms with E-state index in [4.69, 9.17) is 0 Å². The largest absolute Gasteiger partial charge is 0.325 e. The van der Waals surface area contributed by atoms with Gasteiger partial charge in [-0.15, -0.1) is 0 Å². The second-order valence-electron chi connectivity index (χ2n) is 5.57. The van der Waals surface area contributed by atoms with Crippen LogP contribution in [0.15, 0.2) is 46.0 Å². The Balaban J connectivity index is 1.72. The topological polar surface area (TPSA) is 69.0 Å². The quantitative estimate of drug-likeness (QED) is 0.889. The normalized spacial score (nSPS) is 19.0. The van der Waals surface area contributed by atoms with Gasteiger partial charge in [0.05, 0.1) is 0 Å². The average molecular weight is 285 g/mol. The molecule has 1 aliphatic rings. The van der Waals surface area contributed by atoms with Crippen LogP contribution >= 0.6 is 0 Å². The fourth-order valence-electron chi connectivity index (χ4n) is 3.04. The monoisotopic (exact) mass is 285 g/mol. The van der Waals surface area contributed by atoms with E-state index in [0.717, 1.165) is 25.8 Å². The summed E-state index contributed by atoms with van der Waals surface area (Å²) in [5.74, 6) is 0. The van der Waals surface area contributed by atoms with E-state index in [1.54, 1.807) is 0 Å². The van der Waals surface area contributed by atoms with Crippen molar-refractivity contribution in [2.45, 2.75) is 31.8 Å². The van der Waals surface area contributed by atoms with Crippen LogP contribution in [0.1, 0.15) is 24.1 Å². The van der Waals surface area contributed by atoms with Gasteiger partial charge in [-0.05, 0) is 31.4 Å². The Morgan fingerprint density at radius 3 is 2.71 bits per heavy atom. The number of nitrogens with one attached hydrogen (secondary N) is 2. The zero-order valence-electron chi connectivity index (χ0n) is 11.8. The van der Waals surface area contributed by atoms with E-state index >= 15 is 0 Å². The fraction of sp³-hybridized carbons (Fsp3) is 0.375. The average Bonchev–Trinajstić information content (AvgIpc) is 2.86. The summed E-state index contributed by atoms with van der Waals surface area (Å²) in [4.78, 5) is 29.9. The minimum absolute atomic E-state index is 0.340. The van der Waals surface area contributed by atoms with E-state index in [0.29, 0.717) is 18.3 Å². The summed E-state index contributed by atoms with van der Waals surface area (Å²) in [5.41, 5.74) is 1.24. The van der Waals surface area contributed by atoms with Gasteiger partial charge in [-0.1, -0.05) is 30.3 Å². The van der Waals surface area contributed by atoms with Crippen molar-refractivity contribution in [1.29, 1.82) is 0 Å². The second kappa shape index (κ2) is 6.10. The Kier molecular flexibility index (Phi) is 4.01. The highest BCUT2D eigenvalue weighted by Gasteiger charge is 2.24. The Morgan fingerprint density at radius 1 is 1.14 bits per heavy atom. The van der Waals surface area contributed by atoms with Crippen LogP contribution in [0.5, 0.6) is 0 Å². The number of aromatic nitrogens is 2. The molecule has 0 amide bonds. The summed E-state index contributed by atoms with van der Waals surface area (Å²) < 4.78 is 0. The predicted molar refractivity (Wildman–Crippen MR) is 81.3 cm³/mol. The molecule has 2 aromatic rings. The zero-order valence-corrected chi connectivity index (χ0v) is 11.8. The Morgan fingerprint density at radius 2 is 1.95 bits per heavy atom. The molecule has 0 bridgehead atoms. The van der Waals surface area contributed by atoms with Gasteiger partial charge in [-0.2, -0.15) is 0 Å². The summed E-state index contributed by atoms with van der Waals surface area (Å²) in [7, 11) is 0. The third-order valence-electron chi connectivity index (χ3n) is 4.00. The predicted octanol–water partition coefficient (Wildman–Crippen LogP) is 1.27. The summed E-state index contributed by atoms with van der Waals surface area (Å²) in [6, 6.07) is 12.4. The van der Waals surface area contributed by atoms with Crippen molar-refractivity contribution in [2.75, 3.05) is 6.54 Å². The summed E-state index contributed by atoms with van der Waals surface area (Å²) in [6.07, 6.45) is 3.32. The van der Waals surface area contributed by atoms with Gasteiger partial charge in [-0.3, -0.25) is 14.7 Å². The van der Waals surface area contributed by atoms with Crippen molar-refractivity contribution in [3.63, 3.8) is 0 Å². The van der Waals surface area contributed by atoms with E-state index in [2.05, 4.69) is 39.1 Å². The molecule has 0 spiro atoms. The Bertz CT molecular complexity index is 677. The van der Waals surface area contributed by atoms with Gasteiger partial charge < -0.3 is 4.98 Å². The van der Waals surface area contributed by atoms with Crippen molar-refractivity contribution in [2.24, 2.45) is 0 Å². The van der Waals surface area contributed by atoms with Gasteiger partial charge in [0.25, 0.3) is 5.56 Å². The minimum atomic E-state index is -0.434. The maximum atomic E-state index is 11.4. The molecule has 5 nitrogen and oxygen atoms in total. The first-order valence-electron chi connectivity index (χ1n) is 7.31. The molecule has 1 fully saturated rings. The smallest absolute Gasteiger partial charge is 0.310 e. The van der Waals surface area contributed by atoms with Crippen molar-refractivity contribution in [1.82, 2.24) is 14.9 Å². The molecule has 21 heavy (non-hydrogen) atoms. The Hall–Kier alpha value is -2.14. The number of hydrogen-bond donors (Lipinski definition) is 2. The number of benzene rings is 1. The third-order valence-corrected chi connectivity index (χ3v) is 4.00. The van der Waals surface area contributed by atoms with Gasteiger partial charge in [0.1, 0.15) is 0 Å². The Labute approximate surface area is 122 Å². The number of rotatable bonds is 4. The number of hydrogen-bond acceptors (Lipinski definition) is 3. The third kappa shape index (κ3) is 3.49. The van der Waals surface area contributed by atoms with Crippen LogP contribution in [0.3, 0.4) is 0 Å². The molecule has 0 aliphatic carbocycles. The molecule has 0 saturated carbocycles. The SMILES string of the molecule is O=c1cc(CN2CCCC2Cc2ccccc2)[nH]c(=O)[nH]1. The van der Waals surface area contributed by atoms with Crippen molar-refractivity contribution in [3.05, 3.63) is 68.5 Å². The van der Waals surface area contributed by atoms with Crippen LogP contribution in [-0.2, 0) is 13.0 Å². The van der Waals surface area contributed by atoms with Crippen LogP contribution in [0, 0.1) is 0 Å². The van der Waals surface area contributed by atoms with Gasteiger partial charge in [0.2, 0.25) is 0 Å². The van der Waals surface area contributed by atoms with E-state index in [1.807, 2.05) is 6.07 Å². The van der Waals surface area contributed by atoms with E-state index in [1.165, 1.54) is 11.6 Å². The first-order chi connectivity index (χ1) is 10.2. The van der Waals surface area contributed by atoms with Gasteiger partial charge >= 0.3 is 5.69 Å². The van der Waals surface area contributed by atoms with Crippen LogP contribution in [0.2, 0.25) is 0 Å². The van der Waals surface area contributed by atoms with Crippen LogP contribution < -0.4 is 11.2 Å². The molecule has 110 valence electrons. The lowest BCUT2D eigenvalue weighted by Crippen LogP contribution is -2.33. The zero-order chi connectivity index (χ0) is 14.7. The molecule has 1 aromatic heterocycles. The van der Waals surface area contributed by atoms with Crippen molar-refractivity contribution >= 4 is 0 Å². The molecule has 1 saturated heterocycles. The maximum Gasteiger partial charge on any atom is 0.325 e. The standard InChI is InChI=1S/C16H19N3O2/c20-15-10-13(17-16(21)18-15)11-19-8-4-7-14(19)9-12-5-2-1-3-6-12/h1-3,5-6,10,14H,4,7-9,11H2,(H2,17,18,20,21). The number of likely N-dealkylation sites (tertiary alicyclic amines) is 1. The highest BCUT2D eigenvalue weighted by Crippen LogP contribution is 2.22. The molecular weight excluding hydrogens is 266 g/mol. The molecular formula is C16H19N3O2. The van der Waals surface area contributed by atoms with E-state index in [-0.39, 0.29) is 5.56 Å². The highest BCUT2D eigenvalue weighted by atomic mass is 16.2. The molecule has 2 N–H and O–H groups in total. The van der Waals surface area contributed by atoms with Crippen LogP contribution in [-0.4, -0.2) is 27.5 Å². The van der Waals surface area contributed by atoms with E-state index < -0.39 is 5.69 Å². The van der Waals surface area contributed by atoms with Gasteiger partial charge in [-0.25, -0.2) is 4.79 Å². The van der Waals surface area contributed by atoms with Gasteiger partial charge in [0.15, 0.2) is 0 Å². The first kappa shape index (κ1) is 13.8. The molecule has 1 atom stereocenters. The molecule has 3 rings (SSSR count). The first-order valence-corrected chi connectivity index (χ1v) is 7.31. The molecule has 5 heteroatoms. The van der Waals surface area contributed by atoms with Crippen LogP contribution in [0.4, 0.5) is 0 Å². The molecule has 1 unspecified atom stereocenters. The van der Waals surface area contributed by atoms with Crippen molar-refractivity contribution < 1.29 is 0 Å². The second-order valence-corrected chi connectivity index (χ2v) is 5.57. The molecule has 0 radical (unpaired) electrons. The minimum Gasteiger partial charge on any atom is -0.310 e.